The monoisotopic (exact) mass is 344 g/mol. The van der Waals surface area contributed by atoms with E-state index >= 15 is 0 Å². The first-order chi connectivity index (χ1) is 10.5. The molecule has 1 aromatic heterocycles. The maximum atomic E-state index is 12.6. The molecule has 0 amide bonds. The van der Waals surface area contributed by atoms with E-state index in [1.165, 1.54) is 0 Å². The van der Waals surface area contributed by atoms with Gasteiger partial charge in [-0.05, 0) is 39.0 Å². The summed E-state index contributed by atoms with van der Waals surface area (Å²) >= 11 is 1.56. The normalized spacial score (nSPS) is 25.4. The largest absolute Gasteiger partial charge is 0.377 e. The number of hydrogen-bond acceptors (Lipinski definition) is 5. The van der Waals surface area contributed by atoms with Crippen molar-refractivity contribution in [1.82, 2.24) is 9.71 Å². The van der Waals surface area contributed by atoms with E-state index in [4.69, 9.17) is 4.74 Å². The van der Waals surface area contributed by atoms with Crippen molar-refractivity contribution < 1.29 is 13.2 Å². The zero-order valence-corrected chi connectivity index (χ0v) is 14.6. The zero-order chi connectivity index (χ0) is 15.6. The minimum atomic E-state index is -3.37. The summed E-state index contributed by atoms with van der Waals surface area (Å²) in [6.07, 6.45) is 6.52. The minimum absolute atomic E-state index is 0.0686. The fourth-order valence-corrected chi connectivity index (χ4v) is 6.24. The van der Waals surface area contributed by atoms with Gasteiger partial charge in [0.05, 0.1) is 17.4 Å². The van der Waals surface area contributed by atoms with E-state index in [1.54, 1.807) is 11.3 Å². The Morgan fingerprint density at radius 2 is 2.14 bits per heavy atom. The van der Waals surface area contributed by atoms with E-state index in [2.05, 4.69) is 9.71 Å². The lowest BCUT2D eigenvalue weighted by Gasteiger charge is -2.29. The summed E-state index contributed by atoms with van der Waals surface area (Å²) in [5.74, 6) is 0.0686. The third-order valence-electron chi connectivity index (χ3n) is 4.52. The molecular weight excluding hydrogens is 320 g/mol. The summed E-state index contributed by atoms with van der Waals surface area (Å²) in [6, 6.07) is 0. The van der Waals surface area contributed by atoms with E-state index < -0.39 is 15.6 Å². The molecule has 0 aromatic carbocycles. The molecule has 1 aliphatic carbocycles. The van der Waals surface area contributed by atoms with Crippen LogP contribution in [0.4, 0.5) is 0 Å². The molecule has 1 atom stereocenters. The van der Waals surface area contributed by atoms with Crippen LogP contribution in [0.2, 0.25) is 0 Å². The van der Waals surface area contributed by atoms with Gasteiger partial charge in [-0.3, -0.25) is 0 Å². The molecule has 0 unspecified atom stereocenters. The molecule has 0 radical (unpaired) electrons. The number of rotatable bonds is 5. The van der Waals surface area contributed by atoms with Crippen LogP contribution in [0.25, 0.3) is 0 Å². The lowest BCUT2D eigenvalue weighted by Crippen LogP contribution is -2.46. The highest BCUT2D eigenvalue weighted by molar-refractivity contribution is 7.89. The quantitative estimate of drug-likeness (QED) is 0.892. The Hall–Kier alpha value is -0.500. The number of hydrogen-bond donors (Lipinski definition) is 1. The van der Waals surface area contributed by atoms with Crippen molar-refractivity contribution in [3.63, 3.8) is 0 Å². The van der Waals surface area contributed by atoms with Crippen LogP contribution in [0.5, 0.6) is 0 Å². The number of thiazole rings is 1. The van der Waals surface area contributed by atoms with Gasteiger partial charge >= 0.3 is 0 Å². The third-order valence-corrected chi connectivity index (χ3v) is 7.19. The maximum absolute atomic E-state index is 12.6. The fraction of sp³-hybridized carbons (Fsp3) is 0.800. The Morgan fingerprint density at radius 3 is 2.73 bits per heavy atom. The van der Waals surface area contributed by atoms with Gasteiger partial charge in [0.1, 0.15) is 5.01 Å². The average Bonchev–Trinajstić information content (AvgIpc) is 3.09. The molecule has 124 valence electrons. The van der Waals surface area contributed by atoms with Crippen LogP contribution in [-0.2, 0) is 20.3 Å². The highest BCUT2D eigenvalue weighted by atomic mass is 32.2. The van der Waals surface area contributed by atoms with Crippen LogP contribution in [0, 0.1) is 6.92 Å². The fourth-order valence-electron chi connectivity index (χ4n) is 3.43. The lowest BCUT2D eigenvalue weighted by molar-refractivity contribution is 0.0303. The first-order valence-corrected chi connectivity index (χ1v) is 10.6. The molecule has 1 saturated heterocycles. The second-order valence-electron chi connectivity index (χ2n) is 6.46. The second-order valence-corrected chi connectivity index (χ2v) is 9.08. The smallest absolute Gasteiger partial charge is 0.215 e. The molecule has 1 aliphatic heterocycles. The molecule has 1 aromatic rings. The first kappa shape index (κ1) is 16.4. The van der Waals surface area contributed by atoms with Gasteiger partial charge < -0.3 is 4.74 Å². The van der Waals surface area contributed by atoms with Crippen LogP contribution >= 0.6 is 11.3 Å². The van der Waals surface area contributed by atoms with Gasteiger partial charge in [0, 0.05) is 17.7 Å². The summed E-state index contributed by atoms with van der Waals surface area (Å²) in [6.45, 7) is 2.63. The van der Waals surface area contributed by atoms with Crippen LogP contribution < -0.4 is 4.72 Å². The van der Waals surface area contributed by atoms with Gasteiger partial charge in [0.25, 0.3) is 0 Å². The molecule has 1 N–H and O–H groups in total. The van der Waals surface area contributed by atoms with Crippen molar-refractivity contribution >= 4 is 21.4 Å². The summed E-state index contributed by atoms with van der Waals surface area (Å²) in [4.78, 5) is 4.56. The highest BCUT2D eigenvalue weighted by Gasteiger charge is 2.42. The van der Waals surface area contributed by atoms with Crippen LogP contribution in [0.3, 0.4) is 0 Å². The number of nitrogens with zero attached hydrogens (tertiary/aromatic N) is 1. The SMILES string of the molecule is Cc1csc(C2(NS(=O)(=O)C[C@H]3CCCCO3)CCCC2)n1. The molecule has 0 bridgehead atoms. The average molecular weight is 345 g/mol. The van der Waals surface area contributed by atoms with Crippen molar-refractivity contribution in [2.75, 3.05) is 12.4 Å². The van der Waals surface area contributed by atoms with Gasteiger partial charge in [-0.15, -0.1) is 11.3 Å². The molecule has 0 spiro atoms. The van der Waals surface area contributed by atoms with Crippen molar-refractivity contribution in [3.8, 4) is 0 Å². The van der Waals surface area contributed by atoms with Crippen molar-refractivity contribution in [1.29, 1.82) is 0 Å². The van der Waals surface area contributed by atoms with E-state index in [-0.39, 0.29) is 11.9 Å². The van der Waals surface area contributed by atoms with Crippen molar-refractivity contribution in [3.05, 3.63) is 16.1 Å². The number of sulfonamides is 1. The standard InChI is InChI=1S/C15H24N2O3S2/c1-12-10-21-14(16-12)15(7-3-4-8-15)17-22(18,19)11-13-6-2-5-9-20-13/h10,13,17H,2-9,11H2,1H3/t13-/m1/s1. The first-order valence-electron chi connectivity index (χ1n) is 8.05. The summed E-state index contributed by atoms with van der Waals surface area (Å²) in [5, 5.41) is 2.91. The van der Waals surface area contributed by atoms with Gasteiger partial charge in [-0.1, -0.05) is 12.8 Å². The Labute approximate surface area is 136 Å². The predicted octanol–water partition coefficient (Wildman–Crippen LogP) is 2.71. The molecule has 3 rings (SSSR count). The zero-order valence-electron chi connectivity index (χ0n) is 13.0. The van der Waals surface area contributed by atoms with Gasteiger partial charge in [-0.2, -0.15) is 0 Å². The molecular formula is C15H24N2O3S2. The molecule has 1 saturated carbocycles. The van der Waals surface area contributed by atoms with Crippen LogP contribution in [0.1, 0.15) is 55.6 Å². The Bertz CT molecular complexity index is 600. The molecule has 2 fully saturated rings. The summed E-state index contributed by atoms with van der Waals surface area (Å²) in [5.41, 5.74) is 0.466. The molecule has 2 aliphatic rings. The number of aryl methyl sites for hydroxylation is 1. The topological polar surface area (TPSA) is 68.3 Å². The number of aromatic nitrogens is 1. The van der Waals surface area contributed by atoms with Gasteiger partial charge in [0.2, 0.25) is 10.0 Å². The predicted molar refractivity (Wildman–Crippen MR) is 87.5 cm³/mol. The highest BCUT2D eigenvalue weighted by Crippen LogP contribution is 2.40. The maximum Gasteiger partial charge on any atom is 0.215 e. The summed E-state index contributed by atoms with van der Waals surface area (Å²) in [7, 11) is -3.37. The number of nitrogens with one attached hydrogen (secondary N) is 1. The molecule has 5 nitrogen and oxygen atoms in total. The number of ether oxygens (including phenoxy) is 1. The Balaban J connectivity index is 1.75. The minimum Gasteiger partial charge on any atom is -0.377 e. The Kier molecular flexibility index (Phi) is 4.87. The van der Waals surface area contributed by atoms with Gasteiger partial charge in [0.15, 0.2) is 0 Å². The van der Waals surface area contributed by atoms with E-state index in [1.807, 2.05) is 12.3 Å². The van der Waals surface area contributed by atoms with E-state index in [9.17, 15) is 8.42 Å². The lowest BCUT2D eigenvalue weighted by atomic mass is 10.0. The summed E-state index contributed by atoms with van der Waals surface area (Å²) < 4.78 is 33.8. The van der Waals surface area contributed by atoms with Gasteiger partial charge in [-0.25, -0.2) is 18.1 Å². The molecule has 22 heavy (non-hydrogen) atoms. The third kappa shape index (κ3) is 3.69. The van der Waals surface area contributed by atoms with E-state index in [0.29, 0.717) is 6.61 Å². The van der Waals surface area contributed by atoms with Crippen LogP contribution in [-0.4, -0.2) is 31.9 Å². The van der Waals surface area contributed by atoms with Crippen molar-refractivity contribution in [2.24, 2.45) is 0 Å². The van der Waals surface area contributed by atoms with Crippen LogP contribution in [0.15, 0.2) is 5.38 Å². The molecule has 2 heterocycles. The van der Waals surface area contributed by atoms with Crippen molar-refractivity contribution in [2.45, 2.75) is 63.5 Å². The Morgan fingerprint density at radius 1 is 1.36 bits per heavy atom. The molecule has 7 heteroatoms. The second kappa shape index (κ2) is 6.55. The van der Waals surface area contributed by atoms with E-state index in [0.717, 1.165) is 55.6 Å².